The van der Waals surface area contributed by atoms with Crippen LogP contribution in [0.4, 0.5) is 0 Å². The standard InChI is InChI=1S/C20H22O4/c1-5-6-13-9-15-12(2)19(24-20(15)18(10-13)23-4)14-7-8-16(21)17(11-14)22-3/h5-12,19,21H,1-4H3/b6-5-/t12-,19-/m1/s1. The van der Waals surface area contributed by atoms with Gasteiger partial charge in [-0.3, -0.25) is 0 Å². The van der Waals surface area contributed by atoms with Gasteiger partial charge < -0.3 is 19.3 Å². The molecule has 0 saturated heterocycles. The van der Waals surface area contributed by atoms with Gasteiger partial charge in [-0.15, -0.1) is 0 Å². The van der Waals surface area contributed by atoms with Crippen molar-refractivity contribution in [3.8, 4) is 23.0 Å². The van der Waals surface area contributed by atoms with E-state index in [2.05, 4.69) is 13.0 Å². The van der Waals surface area contributed by atoms with E-state index in [0.717, 1.165) is 28.2 Å². The third-order valence-corrected chi connectivity index (χ3v) is 4.41. The first-order valence-corrected chi connectivity index (χ1v) is 7.97. The number of methoxy groups -OCH3 is 2. The summed E-state index contributed by atoms with van der Waals surface area (Å²) in [5.74, 6) is 2.25. The smallest absolute Gasteiger partial charge is 0.165 e. The predicted octanol–water partition coefficient (Wildman–Crippen LogP) is 4.68. The lowest BCUT2D eigenvalue weighted by Gasteiger charge is -2.17. The Kier molecular flexibility index (Phi) is 4.38. The number of fused-ring (bicyclic) bond motifs is 1. The van der Waals surface area contributed by atoms with E-state index in [1.54, 1.807) is 20.3 Å². The molecule has 0 spiro atoms. The Labute approximate surface area is 142 Å². The molecule has 1 N–H and O–H groups in total. The Morgan fingerprint density at radius 2 is 1.83 bits per heavy atom. The number of phenolic OH excluding ortho intramolecular Hbond substituents is 1. The van der Waals surface area contributed by atoms with Gasteiger partial charge in [-0.05, 0) is 42.3 Å². The fraction of sp³-hybridized carbons (Fsp3) is 0.300. The summed E-state index contributed by atoms with van der Waals surface area (Å²) in [5, 5.41) is 9.80. The molecule has 0 unspecified atom stereocenters. The molecule has 2 aromatic carbocycles. The van der Waals surface area contributed by atoms with Crippen LogP contribution in [0.5, 0.6) is 23.0 Å². The van der Waals surface area contributed by atoms with Crippen LogP contribution in [0.3, 0.4) is 0 Å². The number of rotatable bonds is 4. The summed E-state index contributed by atoms with van der Waals surface area (Å²) in [5.41, 5.74) is 3.18. The van der Waals surface area contributed by atoms with E-state index in [4.69, 9.17) is 14.2 Å². The van der Waals surface area contributed by atoms with Crippen molar-refractivity contribution in [1.29, 1.82) is 0 Å². The Morgan fingerprint density at radius 1 is 1.08 bits per heavy atom. The molecule has 0 bridgehead atoms. The lowest BCUT2D eigenvalue weighted by Crippen LogP contribution is -2.07. The van der Waals surface area contributed by atoms with Crippen LogP contribution < -0.4 is 14.2 Å². The number of hydrogen-bond acceptors (Lipinski definition) is 4. The third-order valence-electron chi connectivity index (χ3n) is 4.41. The third kappa shape index (κ3) is 2.68. The zero-order valence-corrected chi connectivity index (χ0v) is 14.4. The Bertz CT molecular complexity index is 779. The summed E-state index contributed by atoms with van der Waals surface area (Å²) in [6.07, 6.45) is 3.90. The zero-order chi connectivity index (χ0) is 17.3. The van der Waals surface area contributed by atoms with Crippen molar-refractivity contribution in [2.75, 3.05) is 14.2 Å². The second-order valence-corrected chi connectivity index (χ2v) is 5.90. The average molecular weight is 326 g/mol. The lowest BCUT2D eigenvalue weighted by molar-refractivity contribution is 0.207. The average Bonchev–Trinajstić information content (AvgIpc) is 2.92. The molecule has 2 aromatic rings. The van der Waals surface area contributed by atoms with Gasteiger partial charge in [0.2, 0.25) is 0 Å². The summed E-state index contributed by atoms with van der Waals surface area (Å²) in [6, 6.07) is 9.44. The molecular formula is C20H22O4. The summed E-state index contributed by atoms with van der Waals surface area (Å²) in [7, 11) is 3.19. The quantitative estimate of drug-likeness (QED) is 0.886. The second-order valence-electron chi connectivity index (χ2n) is 5.90. The molecule has 4 nitrogen and oxygen atoms in total. The molecule has 4 heteroatoms. The van der Waals surface area contributed by atoms with Gasteiger partial charge in [0, 0.05) is 11.5 Å². The van der Waals surface area contributed by atoms with Crippen LogP contribution in [0, 0.1) is 0 Å². The molecule has 3 rings (SSSR count). The van der Waals surface area contributed by atoms with Crippen LogP contribution in [0.15, 0.2) is 36.4 Å². The van der Waals surface area contributed by atoms with Gasteiger partial charge in [-0.25, -0.2) is 0 Å². The van der Waals surface area contributed by atoms with Gasteiger partial charge in [0.15, 0.2) is 23.0 Å². The minimum absolute atomic E-state index is 0.123. The molecule has 126 valence electrons. The highest BCUT2D eigenvalue weighted by Crippen LogP contribution is 2.51. The molecule has 0 amide bonds. The minimum atomic E-state index is -0.149. The van der Waals surface area contributed by atoms with Crippen molar-refractivity contribution in [3.05, 3.63) is 53.1 Å². The van der Waals surface area contributed by atoms with Crippen LogP contribution >= 0.6 is 0 Å². The zero-order valence-electron chi connectivity index (χ0n) is 14.4. The Balaban J connectivity index is 2.03. The summed E-state index contributed by atoms with van der Waals surface area (Å²) >= 11 is 0. The molecule has 0 aromatic heterocycles. The highest BCUT2D eigenvalue weighted by molar-refractivity contribution is 5.62. The van der Waals surface area contributed by atoms with Crippen molar-refractivity contribution >= 4 is 6.08 Å². The normalized spacial score (nSPS) is 19.2. The van der Waals surface area contributed by atoms with Crippen molar-refractivity contribution < 1.29 is 19.3 Å². The van der Waals surface area contributed by atoms with E-state index in [-0.39, 0.29) is 17.8 Å². The summed E-state index contributed by atoms with van der Waals surface area (Å²) in [4.78, 5) is 0. The van der Waals surface area contributed by atoms with E-state index in [0.29, 0.717) is 5.75 Å². The molecule has 0 radical (unpaired) electrons. The van der Waals surface area contributed by atoms with Crippen molar-refractivity contribution in [1.82, 2.24) is 0 Å². The van der Waals surface area contributed by atoms with E-state index in [9.17, 15) is 5.11 Å². The predicted molar refractivity (Wildman–Crippen MR) is 94.1 cm³/mol. The molecule has 0 aliphatic carbocycles. The molecule has 1 aliphatic rings. The largest absolute Gasteiger partial charge is 0.504 e. The molecule has 24 heavy (non-hydrogen) atoms. The number of phenols is 1. The molecule has 0 saturated carbocycles. The lowest BCUT2D eigenvalue weighted by atomic mass is 9.91. The first-order valence-electron chi connectivity index (χ1n) is 7.97. The number of hydrogen-bond donors (Lipinski definition) is 1. The fourth-order valence-electron chi connectivity index (χ4n) is 3.17. The maximum absolute atomic E-state index is 9.80. The van der Waals surface area contributed by atoms with Gasteiger partial charge in [0.05, 0.1) is 14.2 Å². The van der Waals surface area contributed by atoms with Crippen molar-refractivity contribution in [2.24, 2.45) is 0 Å². The van der Waals surface area contributed by atoms with E-state index in [1.165, 1.54) is 0 Å². The van der Waals surface area contributed by atoms with E-state index >= 15 is 0 Å². The highest BCUT2D eigenvalue weighted by atomic mass is 16.5. The number of benzene rings is 2. The van der Waals surface area contributed by atoms with Crippen LogP contribution in [0.1, 0.15) is 42.6 Å². The number of ether oxygens (including phenoxy) is 3. The summed E-state index contributed by atoms with van der Waals surface area (Å²) in [6.45, 7) is 4.12. The van der Waals surface area contributed by atoms with Crippen LogP contribution in [-0.2, 0) is 0 Å². The van der Waals surface area contributed by atoms with Crippen LogP contribution in [0.25, 0.3) is 6.08 Å². The van der Waals surface area contributed by atoms with E-state index in [1.807, 2.05) is 37.3 Å². The topological polar surface area (TPSA) is 47.9 Å². The molecular weight excluding hydrogens is 304 g/mol. The van der Waals surface area contributed by atoms with Crippen LogP contribution in [-0.4, -0.2) is 19.3 Å². The first-order chi connectivity index (χ1) is 11.6. The van der Waals surface area contributed by atoms with Gasteiger partial charge in [-0.1, -0.05) is 25.1 Å². The van der Waals surface area contributed by atoms with Gasteiger partial charge >= 0.3 is 0 Å². The van der Waals surface area contributed by atoms with Gasteiger partial charge in [0.1, 0.15) is 6.10 Å². The number of allylic oxidation sites excluding steroid dienone is 1. The molecule has 2 atom stereocenters. The summed E-state index contributed by atoms with van der Waals surface area (Å²) < 4.78 is 16.9. The van der Waals surface area contributed by atoms with E-state index < -0.39 is 0 Å². The first kappa shape index (κ1) is 16.2. The van der Waals surface area contributed by atoms with Gasteiger partial charge in [-0.2, -0.15) is 0 Å². The highest BCUT2D eigenvalue weighted by Gasteiger charge is 2.35. The SMILES string of the molecule is C/C=C\c1cc(OC)c2c(c1)[C@@H](C)[C@H](c1ccc(O)c(OC)c1)O2. The molecule has 1 aliphatic heterocycles. The van der Waals surface area contributed by atoms with Crippen molar-refractivity contribution in [2.45, 2.75) is 25.9 Å². The fourth-order valence-corrected chi connectivity index (χ4v) is 3.17. The number of aromatic hydroxyl groups is 1. The van der Waals surface area contributed by atoms with Crippen LogP contribution in [0.2, 0.25) is 0 Å². The maximum atomic E-state index is 9.80. The Morgan fingerprint density at radius 3 is 2.50 bits per heavy atom. The van der Waals surface area contributed by atoms with Crippen molar-refractivity contribution in [3.63, 3.8) is 0 Å². The molecule has 0 fully saturated rings. The monoisotopic (exact) mass is 326 g/mol. The minimum Gasteiger partial charge on any atom is -0.504 e. The maximum Gasteiger partial charge on any atom is 0.165 e. The van der Waals surface area contributed by atoms with Gasteiger partial charge in [0.25, 0.3) is 0 Å². The second kappa shape index (κ2) is 6.48. The molecule has 1 heterocycles. The Hall–Kier alpha value is -2.62.